The van der Waals surface area contributed by atoms with E-state index >= 15 is 0 Å². The van der Waals surface area contributed by atoms with Gasteiger partial charge in [-0.1, -0.05) is 48.5 Å². The molecule has 0 spiro atoms. The van der Waals surface area contributed by atoms with Crippen LogP contribution in [0.25, 0.3) is 61.2 Å². The second kappa shape index (κ2) is 21.9. The van der Waals surface area contributed by atoms with E-state index in [1.807, 2.05) is 0 Å². The molecule has 0 N–H and O–H groups in total. The summed E-state index contributed by atoms with van der Waals surface area (Å²) in [5.41, 5.74) is 24.8. The second-order valence-electron chi connectivity index (χ2n) is 19.9. The first-order chi connectivity index (χ1) is 36.3. The molecular weight excluding hydrogens is 1000 g/mol. The van der Waals surface area contributed by atoms with Crippen LogP contribution in [0.15, 0.2) is 266 Å². The molecule has 0 saturated heterocycles. The van der Waals surface area contributed by atoms with Crippen molar-refractivity contribution in [2.24, 2.45) is 5.92 Å². The van der Waals surface area contributed by atoms with Gasteiger partial charge in [0.25, 0.3) is 0 Å². The predicted molar refractivity (Wildman–Crippen MR) is 326 cm³/mol. The Morgan fingerprint density at radius 3 is 1.89 bits per heavy atom. The summed E-state index contributed by atoms with van der Waals surface area (Å²) in [6.45, 7) is 14.4. The van der Waals surface area contributed by atoms with E-state index in [0.717, 1.165) is 19.3 Å². The van der Waals surface area contributed by atoms with Gasteiger partial charge in [0.15, 0.2) is 0 Å². The van der Waals surface area contributed by atoms with Crippen molar-refractivity contribution < 1.29 is 0 Å². The molecule has 0 amide bonds. The Bertz CT molecular complexity index is 3630. The van der Waals surface area contributed by atoms with E-state index < -0.39 is 19.8 Å². The van der Waals surface area contributed by atoms with Crippen LogP contribution in [0.4, 0.5) is 0 Å². The van der Waals surface area contributed by atoms with Gasteiger partial charge < -0.3 is 0 Å². The SMILES string of the molecule is C=C(Cc1c(-c2ccccc2C)cc(C2=CC=CC(c3ccccc3)C2)c2c1I(c1ccccc1)c1ccccc1-2)[C@H](C)/C=C(\C(C)=C(/CC)c1ccccc1)c1cccc(-c2cccc(-c3ccccc3)c2)c1. The Kier molecular flexibility index (Phi) is 14.4. The number of aryl methyl sites for hydroxylation is 1. The maximum atomic E-state index is 5.10. The van der Waals surface area contributed by atoms with E-state index in [1.54, 1.807) is 3.57 Å². The van der Waals surface area contributed by atoms with Crippen LogP contribution >= 0.6 is 19.8 Å². The molecule has 0 saturated carbocycles. The monoisotopic (exact) mass is 1070 g/mol. The van der Waals surface area contributed by atoms with Gasteiger partial charge in [-0.15, -0.1) is 0 Å². The Balaban J connectivity index is 1.08. The van der Waals surface area contributed by atoms with E-state index in [-0.39, 0.29) is 5.92 Å². The summed E-state index contributed by atoms with van der Waals surface area (Å²) in [6.07, 6.45) is 12.3. The van der Waals surface area contributed by atoms with Crippen LogP contribution in [0.5, 0.6) is 0 Å². The van der Waals surface area contributed by atoms with Crippen molar-refractivity contribution >= 4 is 36.5 Å². The van der Waals surface area contributed by atoms with Gasteiger partial charge in [-0.3, -0.25) is 0 Å². The molecule has 1 aliphatic heterocycles. The molecule has 1 aliphatic carbocycles. The zero-order valence-electron chi connectivity index (χ0n) is 43.0. The molecule has 362 valence electrons. The molecule has 1 heteroatoms. The van der Waals surface area contributed by atoms with Crippen LogP contribution in [0.2, 0.25) is 0 Å². The fourth-order valence-corrected chi connectivity index (χ4v) is 18.1. The summed E-state index contributed by atoms with van der Waals surface area (Å²) in [4.78, 5) is 0. The second-order valence-corrected chi connectivity index (χ2v) is 25.0. The van der Waals surface area contributed by atoms with E-state index in [1.165, 1.54) is 113 Å². The van der Waals surface area contributed by atoms with Crippen molar-refractivity contribution in [2.75, 3.05) is 0 Å². The number of halogens is 1. The summed E-state index contributed by atoms with van der Waals surface area (Å²) in [6, 6.07) is 83.4. The Labute approximate surface area is 447 Å². The fourth-order valence-electron chi connectivity index (χ4n) is 11.3. The van der Waals surface area contributed by atoms with Crippen LogP contribution in [0, 0.1) is 23.6 Å². The summed E-state index contributed by atoms with van der Waals surface area (Å²) >= 11 is -2.27. The minimum absolute atomic E-state index is 0.0551. The fraction of sp³-hybridized carbons (Fsp3) is 0.123. The quantitative estimate of drug-likeness (QED) is 0.0578. The van der Waals surface area contributed by atoms with E-state index in [0.29, 0.717) is 5.92 Å². The molecule has 74 heavy (non-hydrogen) atoms. The third-order valence-electron chi connectivity index (χ3n) is 15.2. The van der Waals surface area contributed by atoms with Crippen molar-refractivity contribution in [1.29, 1.82) is 0 Å². The summed E-state index contributed by atoms with van der Waals surface area (Å²) < 4.78 is 4.57. The standard InChI is InChI=1S/C73H63I/c1-6-64(56-31-15-9-16-32-56)53(5)67(61-37-25-36-60(48-61)59-35-23-33-57(46-59)54-27-11-7-12-28-54)44-51(3)52(4)45-70-69(65-41-20-19-26-50(65)2)49-68(62-38-24-34-58(47-62)55-29-13-8-14-30-55)72-66-42-21-22-43-71(66)74(73(70)72)63-39-17-10-18-40-63/h7-44,46,48-49,51,58H,4,6,45,47H2,1-3,5H3/b64-53+,67-44+/t51-,58?/m1/s1. The third-order valence-corrected chi connectivity index (χ3v) is 21.6. The molecule has 2 atom stereocenters. The van der Waals surface area contributed by atoms with Gasteiger partial charge in [0, 0.05) is 0 Å². The molecule has 0 fully saturated rings. The zero-order chi connectivity index (χ0) is 50.5. The van der Waals surface area contributed by atoms with E-state index in [2.05, 4.69) is 276 Å². The Hall–Kier alpha value is -7.59. The van der Waals surface area contributed by atoms with Crippen molar-refractivity contribution in [3.63, 3.8) is 0 Å². The van der Waals surface area contributed by atoms with Gasteiger partial charge in [-0.25, -0.2) is 0 Å². The van der Waals surface area contributed by atoms with Crippen LogP contribution in [0.3, 0.4) is 0 Å². The molecule has 2 aliphatic rings. The van der Waals surface area contributed by atoms with Gasteiger partial charge in [-0.2, -0.15) is 0 Å². The number of fused-ring (bicyclic) bond motifs is 3. The van der Waals surface area contributed by atoms with Crippen molar-refractivity contribution in [1.82, 2.24) is 0 Å². The Morgan fingerprint density at radius 1 is 0.595 bits per heavy atom. The van der Waals surface area contributed by atoms with Crippen molar-refractivity contribution in [3.05, 3.63) is 311 Å². The van der Waals surface area contributed by atoms with Crippen LogP contribution < -0.4 is 0 Å². The average Bonchev–Trinajstić information content (AvgIpc) is 3.81. The van der Waals surface area contributed by atoms with E-state index in [4.69, 9.17) is 6.58 Å². The Morgan fingerprint density at radius 2 is 1.18 bits per heavy atom. The topological polar surface area (TPSA) is 0 Å². The number of allylic oxidation sites excluding steroid dienone is 9. The van der Waals surface area contributed by atoms with Gasteiger partial charge in [0.05, 0.1) is 0 Å². The minimum atomic E-state index is -2.27. The summed E-state index contributed by atoms with van der Waals surface area (Å²) in [7, 11) is 0. The predicted octanol–water partition coefficient (Wildman–Crippen LogP) is 20.2. The van der Waals surface area contributed by atoms with Gasteiger partial charge in [0.2, 0.25) is 0 Å². The number of benzene rings is 9. The molecular formula is C73H63I. The molecule has 11 rings (SSSR count). The molecule has 0 bridgehead atoms. The van der Waals surface area contributed by atoms with Gasteiger partial charge >= 0.3 is 391 Å². The molecule has 9 aromatic rings. The number of hydrogen-bond acceptors (Lipinski definition) is 0. The maximum absolute atomic E-state index is 5.10. The van der Waals surface area contributed by atoms with Gasteiger partial charge in [0.1, 0.15) is 0 Å². The van der Waals surface area contributed by atoms with Crippen molar-refractivity contribution in [3.8, 4) is 44.5 Å². The van der Waals surface area contributed by atoms with Crippen LogP contribution in [-0.2, 0) is 6.42 Å². The zero-order valence-corrected chi connectivity index (χ0v) is 45.2. The summed E-state index contributed by atoms with van der Waals surface area (Å²) in [5.74, 6) is 0.364. The molecule has 9 aromatic carbocycles. The normalized spacial score (nSPS) is 15.2. The molecule has 0 aromatic heterocycles. The van der Waals surface area contributed by atoms with Crippen LogP contribution in [0.1, 0.15) is 72.9 Å². The number of hydrogen-bond donors (Lipinski definition) is 0. The molecule has 0 nitrogen and oxygen atoms in total. The average molecular weight is 1070 g/mol. The number of rotatable bonds is 14. The third kappa shape index (κ3) is 9.82. The molecule has 0 radical (unpaired) electrons. The first-order valence-corrected chi connectivity index (χ1v) is 29.5. The first kappa shape index (κ1) is 48.7. The molecule has 1 unspecified atom stereocenters. The van der Waals surface area contributed by atoms with Crippen molar-refractivity contribution in [2.45, 2.75) is 52.9 Å². The first-order valence-electron chi connectivity index (χ1n) is 26.3. The van der Waals surface area contributed by atoms with E-state index in [9.17, 15) is 0 Å². The van der Waals surface area contributed by atoms with Gasteiger partial charge in [-0.05, 0) is 11.1 Å². The molecule has 1 heterocycles. The van der Waals surface area contributed by atoms with Crippen LogP contribution in [-0.4, -0.2) is 0 Å². The summed E-state index contributed by atoms with van der Waals surface area (Å²) in [5, 5.41) is 0.